The molecule has 0 radical (unpaired) electrons. The fraction of sp³-hybridized carbons (Fsp3) is 0.846. The first-order valence-electron chi connectivity index (χ1n) is 6.51. The molecule has 0 unspecified atom stereocenters. The van der Waals surface area contributed by atoms with Crippen molar-refractivity contribution in [1.29, 1.82) is 0 Å². The van der Waals surface area contributed by atoms with Gasteiger partial charge in [0, 0.05) is 13.0 Å². The van der Waals surface area contributed by atoms with E-state index in [1.165, 1.54) is 25.7 Å². The molecule has 1 aromatic rings. The predicted molar refractivity (Wildman–Crippen MR) is 72.5 cm³/mol. The molecule has 0 spiro atoms. The molecule has 1 aromatic heterocycles. The van der Waals surface area contributed by atoms with Crippen molar-refractivity contribution in [3.63, 3.8) is 0 Å². The van der Waals surface area contributed by atoms with Crippen LogP contribution in [0, 0.1) is 16.1 Å². The van der Waals surface area contributed by atoms with E-state index in [-0.39, 0.29) is 0 Å². The Balaban J connectivity index is 2.05. The average molecular weight is 253 g/mol. The van der Waals surface area contributed by atoms with Crippen LogP contribution in [0.1, 0.15) is 58.2 Å². The van der Waals surface area contributed by atoms with Crippen molar-refractivity contribution in [3.8, 4) is 0 Å². The Morgan fingerprint density at radius 2 is 1.82 bits per heavy atom. The predicted octanol–water partition coefficient (Wildman–Crippen LogP) is 3.80. The number of H-pyrrole nitrogens is 1. The fourth-order valence-corrected chi connectivity index (χ4v) is 3.08. The molecule has 17 heavy (non-hydrogen) atoms. The van der Waals surface area contributed by atoms with Gasteiger partial charge in [0.05, 0.1) is 0 Å². The lowest BCUT2D eigenvalue weighted by Crippen LogP contribution is -2.26. The topological polar surface area (TPSA) is 33.6 Å². The number of rotatable bonds is 1. The van der Waals surface area contributed by atoms with E-state index in [0.717, 1.165) is 16.5 Å². The van der Waals surface area contributed by atoms with Crippen molar-refractivity contribution in [2.75, 3.05) is 0 Å². The number of nitrogens with zero attached hydrogens (tertiary/aromatic N) is 2. The summed E-state index contributed by atoms with van der Waals surface area (Å²) in [6.07, 6.45) is 5.12. The molecule has 1 N–H and O–H groups in total. The summed E-state index contributed by atoms with van der Waals surface area (Å²) in [6.45, 7) is 7.07. The highest BCUT2D eigenvalue weighted by Gasteiger charge is 2.31. The van der Waals surface area contributed by atoms with E-state index in [9.17, 15) is 0 Å². The summed E-state index contributed by atoms with van der Waals surface area (Å²) in [4.78, 5) is 0. The van der Waals surface area contributed by atoms with Crippen molar-refractivity contribution in [2.24, 2.45) is 18.4 Å². The molecule has 0 aliphatic heterocycles. The van der Waals surface area contributed by atoms with Gasteiger partial charge in [0.1, 0.15) is 5.82 Å². The second-order valence-corrected chi connectivity index (χ2v) is 6.75. The zero-order valence-corrected chi connectivity index (χ0v) is 12.1. The summed E-state index contributed by atoms with van der Waals surface area (Å²) in [6, 6.07) is 0. The van der Waals surface area contributed by atoms with Gasteiger partial charge in [-0.2, -0.15) is 5.10 Å². The van der Waals surface area contributed by atoms with Gasteiger partial charge in [-0.1, -0.05) is 20.8 Å². The third-order valence-electron chi connectivity index (χ3n) is 4.23. The van der Waals surface area contributed by atoms with Crippen LogP contribution in [0.15, 0.2) is 0 Å². The Kier molecular flexibility index (Phi) is 3.43. The first kappa shape index (κ1) is 12.8. The van der Waals surface area contributed by atoms with E-state index in [1.54, 1.807) is 0 Å². The quantitative estimate of drug-likeness (QED) is 0.772. The highest BCUT2D eigenvalue weighted by molar-refractivity contribution is 7.71. The van der Waals surface area contributed by atoms with Crippen LogP contribution in [0.2, 0.25) is 0 Å². The first-order chi connectivity index (χ1) is 7.89. The second-order valence-electron chi connectivity index (χ2n) is 6.36. The van der Waals surface area contributed by atoms with Crippen LogP contribution in [0.5, 0.6) is 0 Å². The van der Waals surface area contributed by atoms with Gasteiger partial charge in [0.2, 0.25) is 0 Å². The first-order valence-corrected chi connectivity index (χ1v) is 6.91. The minimum atomic E-state index is 0.446. The van der Waals surface area contributed by atoms with Gasteiger partial charge in [0.25, 0.3) is 0 Å². The summed E-state index contributed by atoms with van der Waals surface area (Å²) in [5.74, 6) is 2.58. The van der Waals surface area contributed by atoms with E-state index in [4.69, 9.17) is 12.2 Å². The van der Waals surface area contributed by atoms with Gasteiger partial charge in [-0.25, -0.2) is 0 Å². The Morgan fingerprint density at radius 1 is 1.24 bits per heavy atom. The molecule has 0 amide bonds. The van der Waals surface area contributed by atoms with Gasteiger partial charge in [0.15, 0.2) is 4.77 Å². The van der Waals surface area contributed by atoms with Crippen molar-refractivity contribution in [1.82, 2.24) is 14.8 Å². The smallest absolute Gasteiger partial charge is 0.194 e. The van der Waals surface area contributed by atoms with Crippen molar-refractivity contribution in [2.45, 2.75) is 52.4 Å². The average Bonchev–Trinajstić information content (AvgIpc) is 2.59. The van der Waals surface area contributed by atoms with E-state index < -0.39 is 0 Å². The largest absolute Gasteiger partial charge is 0.307 e. The molecule has 1 fully saturated rings. The molecular formula is C13H23N3S. The van der Waals surface area contributed by atoms with E-state index >= 15 is 0 Å². The minimum Gasteiger partial charge on any atom is -0.307 e. The summed E-state index contributed by atoms with van der Waals surface area (Å²) in [5.41, 5.74) is 0.446. The molecule has 0 bridgehead atoms. The van der Waals surface area contributed by atoms with Crippen molar-refractivity contribution in [3.05, 3.63) is 10.6 Å². The second kappa shape index (κ2) is 4.56. The summed E-state index contributed by atoms with van der Waals surface area (Å²) in [7, 11) is 2.01. The molecule has 4 heteroatoms. The van der Waals surface area contributed by atoms with Crippen LogP contribution in [0.4, 0.5) is 0 Å². The van der Waals surface area contributed by atoms with Crippen LogP contribution in [0.25, 0.3) is 0 Å². The van der Waals surface area contributed by atoms with Crippen LogP contribution in [0.3, 0.4) is 0 Å². The molecule has 1 aliphatic carbocycles. The maximum Gasteiger partial charge on any atom is 0.194 e. The third kappa shape index (κ3) is 2.62. The van der Waals surface area contributed by atoms with Crippen molar-refractivity contribution >= 4 is 12.2 Å². The van der Waals surface area contributed by atoms with Gasteiger partial charge < -0.3 is 4.57 Å². The highest BCUT2D eigenvalue weighted by Crippen LogP contribution is 2.42. The summed E-state index contributed by atoms with van der Waals surface area (Å²) >= 11 is 5.17. The molecule has 96 valence electrons. The zero-order valence-electron chi connectivity index (χ0n) is 11.3. The molecule has 2 rings (SSSR count). The number of nitrogens with one attached hydrogen (secondary N) is 1. The number of aromatic amines is 1. The van der Waals surface area contributed by atoms with Crippen LogP contribution in [-0.4, -0.2) is 14.8 Å². The highest BCUT2D eigenvalue weighted by atomic mass is 32.1. The summed E-state index contributed by atoms with van der Waals surface area (Å²) < 4.78 is 2.76. The zero-order chi connectivity index (χ0) is 12.6. The standard InChI is InChI=1S/C13H23N3S/c1-13(2,3)10-7-5-9(6-8-10)11-14-15-12(17)16(11)4/h9-10H,5-8H2,1-4H3,(H,15,17). The SMILES string of the molecule is Cn1c(C2CCC(C(C)(C)C)CC2)n[nH]c1=S. The molecule has 1 aliphatic rings. The third-order valence-corrected chi connectivity index (χ3v) is 4.60. The molecule has 1 saturated carbocycles. The van der Waals surface area contributed by atoms with Crippen LogP contribution < -0.4 is 0 Å². The molecule has 0 saturated heterocycles. The lowest BCUT2D eigenvalue weighted by atomic mass is 9.70. The Hall–Kier alpha value is -0.640. The van der Waals surface area contributed by atoms with E-state index in [1.807, 2.05) is 11.6 Å². The van der Waals surface area contributed by atoms with Crippen LogP contribution in [-0.2, 0) is 7.05 Å². The molecule has 0 atom stereocenters. The van der Waals surface area contributed by atoms with E-state index in [0.29, 0.717) is 11.3 Å². The fourth-order valence-electron chi connectivity index (χ4n) is 2.94. The molecule has 3 nitrogen and oxygen atoms in total. The Morgan fingerprint density at radius 3 is 2.24 bits per heavy atom. The molecule has 0 aromatic carbocycles. The minimum absolute atomic E-state index is 0.446. The Labute approximate surface area is 109 Å². The number of hydrogen-bond acceptors (Lipinski definition) is 2. The molecule has 1 heterocycles. The lowest BCUT2D eigenvalue weighted by Gasteiger charge is -2.36. The molecular weight excluding hydrogens is 230 g/mol. The lowest BCUT2D eigenvalue weighted by molar-refractivity contribution is 0.166. The Bertz CT molecular complexity index is 430. The van der Waals surface area contributed by atoms with Gasteiger partial charge in [-0.15, -0.1) is 0 Å². The van der Waals surface area contributed by atoms with Gasteiger partial charge in [-0.3, -0.25) is 5.10 Å². The number of hydrogen-bond donors (Lipinski definition) is 1. The number of aromatic nitrogens is 3. The normalized spacial score (nSPS) is 26.1. The maximum absolute atomic E-state index is 5.17. The maximum atomic E-state index is 5.17. The van der Waals surface area contributed by atoms with Crippen LogP contribution >= 0.6 is 12.2 Å². The van der Waals surface area contributed by atoms with E-state index in [2.05, 4.69) is 31.0 Å². The monoisotopic (exact) mass is 253 g/mol. The van der Waals surface area contributed by atoms with Crippen molar-refractivity contribution < 1.29 is 0 Å². The summed E-state index contributed by atoms with van der Waals surface area (Å²) in [5, 5.41) is 7.26. The van der Waals surface area contributed by atoms with Gasteiger partial charge >= 0.3 is 0 Å². The van der Waals surface area contributed by atoms with Gasteiger partial charge in [-0.05, 0) is 49.2 Å².